The smallest absolute Gasteiger partial charge is 0.122 e. The Bertz CT molecular complexity index is 347. The highest BCUT2D eigenvalue weighted by molar-refractivity contribution is 5.47. The van der Waals surface area contributed by atoms with Gasteiger partial charge in [0.05, 0.1) is 0 Å². The molecule has 0 radical (unpaired) electrons. The molecule has 0 spiro atoms. The van der Waals surface area contributed by atoms with Crippen LogP contribution in [0.5, 0.6) is 5.75 Å². The number of phenolic OH excluding ortho intramolecular Hbond substituents is 1. The van der Waals surface area contributed by atoms with Gasteiger partial charge in [0.25, 0.3) is 0 Å². The van der Waals surface area contributed by atoms with E-state index < -0.39 is 0 Å². The van der Waals surface area contributed by atoms with Crippen molar-refractivity contribution in [2.24, 2.45) is 5.73 Å². The molecule has 0 amide bonds. The molecule has 1 aliphatic carbocycles. The first kappa shape index (κ1) is 10.5. The monoisotopic (exact) mass is 205 g/mol. The van der Waals surface area contributed by atoms with Crippen molar-refractivity contribution in [1.82, 2.24) is 0 Å². The van der Waals surface area contributed by atoms with Crippen molar-refractivity contribution in [2.75, 3.05) is 6.54 Å². The van der Waals surface area contributed by atoms with Crippen LogP contribution in [0, 0.1) is 0 Å². The number of rotatable bonds is 4. The Morgan fingerprint density at radius 3 is 2.87 bits per heavy atom. The van der Waals surface area contributed by atoms with E-state index in [1.807, 2.05) is 0 Å². The molecule has 0 atom stereocenters. The molecule has 1 aliphatic rings. The Hall–Kier alpha value is -1.02. The summed E-state index contributed by atoms with van der Waals surface area (Å²) in [5.41, 5.74) is 9.10. The van der Waals surface area contributed by atoms with Crippen molar-refractivity contribution in [1.29, 1.82) is 0 Å². The molecular weight excluding hydrogens is 186 g/mol. The Balaban J connectivity index is 2.12. The molecule has 3 N–H and O–H groups in total. The zero-order valence-corrected chi connectivity index (χ0v) is 9.13. The summed E-state index contributed by atoms with van der Waals surface area (Å²) >= 11 is 0. The average Bonchev–Trinajstić information content (AvgIpc) is 2.70. The van der Waals surface area contributed by atoms with Crippen LogP contribution in [0.2, 0.25) is 0 Å². The zero-order valence-electron chi connectivity index (χ0n) is 9.13. The van der Waals surface area contributed by atoms with Gasteiger partial charge in [-0.3, -0.25) is 0 Å². The number of hydrogen-bond acceptors (Lipinski definition) is 2. The summed E-state index contributed by atoms with van der Waals surface area (Å²) in [5.74, 6) is 0.557. The van der Waals surface area contributed by atoms with E-state index in [9.17, 15) is 5.11 Å². The first-order valence-corrected chi connectivity index (χ1v) is 5.85. The topological polar surface area (TPSA) is 46.2 Å². The first-order chi connectivity index (χ1) is 7.33. The average molecular weight is 205 g/mol. The van der Waals surface area contributed by atoms with Gasteiger partial charge in [0, 0.05) is 0 Å². The second-order valence-corrected chi connectivity index (χ2v) is 4.31. The van der Waals surface area contributed by atoms with Crippen molar-refractivity contribution in [3.05, 3.63) is 28.8 Å². The Labute approximate surface area is 91.1 Å². The van der Waals surface area contributed by atoms with E-state index in [1.54, 1.807) is 0 Å². The molecule has 2 rings (SSSR count). The highest BCUT2D eigenvalue weighted by Gasteiger charge is 2.16. The summed E-state index contributed by atoms with van der Waals surface area (Å²) in [7, 11) is 0. The molecule has 82 valence electrons. The van der Waals surface area contributed by atoms with Crippen molar-refractivity contribution >= 4 is 0 Å². The third-order valence-corrected chi connectivity index (χ3v) is 3.24. The van der Waals surface area contributed by atoms with Gasteiger partial charge in [0.15, 0.2) is 0 Å². The third kappa shape index (κ3) is 2.15. The fraction of sp³-hybridized carbons (Fsp3) is 0.538. The molecule has 0 aliphatic heterocycles. The van der Waals surface area contributed by atoms with Gasteiger partial charge >= 0.3 is 0 Å². The lowest BCUT2D eigenvalue weighted by Crippen LogP contribution is -1.99. The van der Waals surface area contributed by atoms with Crippen LogP contribution in [-0.2, 0) is 19.3 Å². The van der Waals surface area contributed by atoms with Crippen LogP contribution in [0.25, 0.3) is 0 Å². The largest absolute Gasteiger partial charge is 0.507 e. The summed E-state index contributed by atoms with van der Waals surface area (Å²) in [4.78, 5) is 0. The van der Waals surface area contributed by atoms with Gasteiger partial charge < -0.3 is 10.8 Å². The van der Waals surface area contributed by atoms with E-state index in [0.29, 0.717) is 5.75 Å². The number of aromatic hydroxyl groups is 1. The van der Waals surface area contributed by atoms with Gasteiger partial charge in [0.1, 0.15) is 5.75 Å². The summed E-state index contributed by atoms with van der Waals surface area (Å²) < 4.78 is 0. The van der Waals surface area contributed by atoms with Crippen molar-refractivity contribution in [2.45, 2.75) is 38.5 Å². The van der Waals surface area contributed by atoms with E-state index in [4.69, 9.17) is 5.73 Å². The molecule has 1 aromatic rings. The van der Waals surface area contributed by atoms with Gasteiger partial charge in [-0.05, 0) is 61.8 Å². The van der Waals surface area contributed by atoms with Gasteiger partial charge in [0.2, 0.25) is 0 Å². The number of fused-ring (bicyclic) bond motifs is 1. The lowest BCUT2D eigenvalue weighted by atomic mass is 10.0. The van der Waals surface area contributed by atoms with Gasteiger partial charge in [-0.15, -0.1) is 0 Å². The zero-order chi connectivity index (χ0) is 10.7. The first-order valence-electron chi connectivity index (χ1n) is 5.85. The fourth-order valence-electron chi connectivity index (χ4n) is 2.36. The Kier molecular flexibility index (Phi) is 3.27. The van der Waals surface area contributed by atoms with E-state index in [0.717, 1.165) is 44.2 Å². The van der Waals surface area contributed by atoms with Crippen LogP contribution in [0.3, 0.4) is 0 Å². The lowest BCUT2D eigenvalue weighted by molar-refractivity contribution is 0.460. The Morgan fingerprint density at radius 1 is 1.20 bits per heavy atom. The molecule has 0 saturated carbocycles. The van der Waals surface area contributed by atoms with E-state index >= 15 is 0 Å². The molecule has 2 heteroatoms. The van der Waals surface area contributed by atoms with Crippen molar-refractivity contribution in [3.63, 3.8) is 0 Å². The minimum atomic E-state index is 0.557. The lowest BCUT2D eigenvalue weighted by Gasteiger charge is -2.08. The van der Waals surface area contributed by atoms with Crippen molar-refractivity contribution in [3.8, 4) is 5.75 Å². The Morgan fingerprint density at radius 2 is 2.07 bits per heavy atom. The summed E-state index contributed by atoms with van der Waals surface area (Å²) in [6.45, 7) is 0.742. The van der Waals surface area contributed by atoms with Crippen LogP contribution >= 0.6 is 0 Å². The number of hydrogen-bond donors (Lipinski definition) is 2. The molecule has 0 aromatic heterocycles. The highest BCUT2D eigenvalue weighted by atomic mass is 16.3. The minimum Gasteiger partial charge on any atom is -0.507 e. The number of phenols is 1. The summed E-state index contributed by atoms with van der Waals surface area (Å²) in [5, 5.41) is 10.1. The van der Waals surface area contributed by atoms with Crippen LogP contribution < -0.4 is 5.73 Å². The van der Waals surface area contributed by atoms with Crippen LogP contribution in [0.1, 0.15) is 36.0 Å². The molecule has 0 unspecified atom stereocenters. The molecule has 0 fully saturated rings. The predicted molar refractivity (Wildman–Crippen MR) is 62.1 cm³/mol. The number of nitrogens with two attached hydrogens (primary N) is 1. The maximum absolute atomic E-state index is 10.1. The third-order valence-electron chi connectivity index (χ3n) is 3.24. The van der Waals surface area contributed by atoms with Crippen molar-refractivity contribution < 1.29 is 5.11 Å². The molecule has 0 heterocycles. The number of unbranched alkanes of at least 4 members (excludes halogenated alkanes) is 1. The van der Waals surface area contributed by atoms with Crippen LogP contribution in [0.15, 0.2) is 12.1 Å². The molecule has 1 aromatic carbocycles. The SMILES string of the molecule is NCCCCc1ccc2c(c1O)CCC2. The predicted octanol–water partition coefficient (Wildman–Crippen LogP) is 2.16. The second-order valence-electron chi connectivity index (χ2n) is 4.31. The quantitative estimate of drug-likeness (QED) is 0.740. The van der Waals surface area contributed by atoms with E-state index in [2.05, 4.69) is 12.1 Å². The highest BCUT2D eigenvalue weighted by Crippen LogP contribution is 2.33. The van der Waals surface area contributed by atoms with Gasteiger partial charge in [-0.2, -0.15) is 0 Å². The van der Waals surface area contributed by atoms with E-state index in [1.165, 1.54) is 17.5 Å². The normalized spacial score (nSPS) is 14.2. The molecular formula is C13H19NO. The summed E-state index contributed by atoms with van der Waals surface area (Å²) in [6, 6.07) is 4.26. The number of benzene rings is 1. The standard InChI is InChI=1S/C13H19NO/c14-9-2-1-4-11-8-7-10-5-3-6-12(10)13(11)15/h7-8,15H,1-6,9,14H2. The molecule has 2 nitrogen and oxygen atoms in total. The molecule has 0 saturated heterocycles. The van der Waals surface area contributed by atoms with Crippen LogP contribution in [-0.4, -0.2) is 11.7 Å². The minimum absolute atomic E-state index is 0.557. The summed E-state index contributed by atoms with van der Waals surface area (Å²) in [6.07, 6.45) is 6.43. The molecule has 15 heavy (non-hydrogen) atoms. The van der Waals surface area contributed by atoms with Crippen LogP contribution in [0.4, 0.5) is 0 Å². The van der Waals surface area contributed by atoms with E-state index in [-0.39, 0.29) is 0 Å². The second kappa shape index (κ2) is 4.67. The number of aryl methyl sites for hydroxylation is 2. The maximum atomic E-state index is 10.1. The van der Waals surface area contributed by atoms with Gasteiger partial charge in [-0.1, -0.05) is 12.1 Å². The molecule has 0 bridgehead atoms. The maximum Gasteiger partial charge on any atom is 0.122 e. The fourth-order valence-corrected chi connectivity index (χ4v) is 2.36. The van der Waals surface area contributed by atoms with Gasteiger partial charge in [-0.25, -0.2) is 0 Å².